The maximum atomic E-state index is 12.8. The van der Waals surface area contributed by atoms with Crippen LogP contribution in [0.3, 0.4) is 0 Å². The molecule has 0 unspecified atom stereocenters. The van der Waals surface area contributed by atoms with E-state index in [1.807, 2.05) is 13.8 Å². The van der Waals surface area contributed by atoms with Crippen molar-refractivity contribution in [2.75, 3.05) is 14.2 Å². The highest BCUT2D eigenvalue weighted by molar-refractivity contribution is 6.10. The Morgan fingerprint density at radius 2 is 1.86 bits per heavy atom. The quantitative estimate of drug-likeness (QED) is 0.855. The topological polar surface area (TPSA) is 57.9 Å². The van der Waals surface area contributed by atoms with Gasteiger partial charge in [-0.05, 0) is 18.9 Å². The van der Waals surface area contributed by atoms with Gasteiger partial charge in [0.15, 0.2) is 17.1 Å². The third-order valence-electron chi connectivity index (χ3n) is 4.55. The average Bonchev–Trinajstić information content (AvgIpc) is 3.01. The van der Waals surface area contributed by atoms with Gasteiger partial charge in [0.25, 0.3) is 0 Å². The van der Waals surface area contributed by atoms with Crippen LogP contribution in [-0.4, -0.2) is 25.6 Å². The number of carbonyl (C=O) groups is 1. The average molecular weight is 304 g/mol. The summed E-state index contributed by atoms with van der Waals surface area (Å²) in [7, 11) is 3.09. The molecule has 0 bridgehead atoms. The second-order valence-electron chi connectivity index (χ2n) is 5.53. The minimum absolute atomic E-state index is 0.0169. The smallest absolute Gasteiger partial charge is 0.205 e. The Morgan fingerprint density at radius 3 is 2.45 bits per heavy atom. The number of ether oxygens (including phenoxy) is 3. The predicted molar refractivity (Wildman–Crippen MR) is 82.2 cm³/mol. The van der Waals surface area contributed by atoms with Crippen molar-refractivity contribution in [2.45, 2.75) is 38.7 Å². The number of Topliss-reactive ketones (excluding diaryl/α,β-unsaturated/α-hetero) is 1. The van der Waals surface area contributed by atoms with E-state index in [0.717, 1.165) is 18.2 Å². The van der Waals surface area contributed by atoms with E-state index in [9.17, 15) is 4.79 Å². The molecule has 118 valence electrons. The first-order valence-electron chi connectivity index (χ1n) is 7.48. The van der Waals surface area contributed by atoms with Crippen LogP contribution in [0.25, 0.3) is 11.0 Å². The minimum atomic E-state index is -0.497. The molecule has 1 aliphatic rings. The zero-order valence-electron chi connectivity index (χ0n) is 13.3. The number of ketones is 1. The van der Waals surface area contributed by atoms with Gasteiger partial charge in [0.05, 0.1) is 32.3 Å². The van der Waals surface area contributed by atoms with E-state index in [1.165, 1.54) is 0 Å². The van der Waals surface area contributed by atoms with Crippen LogP contribution in [0.15, 0.2) is 16.7 Å². The Morgan fingerprint density at radius 1 is 1.18 bits per heavy atom. The lowest BCUT2D eigenvalue weighted by molar-refractivity contribution is 0.0324. The molecule has 3 rings (SSSR count). The van der Waals surface area contributed by atoms with Gasteiger partial charge in [0.2, 0.25) is 5.75 Å². The van der Waals surface area contributed by atoms with Crippen molar-refractivity contribution in [3.05, 3.63) is 17.9 Å². The van der Waals surface area contributed by atoms with Gasteiger partial charge in [0.1, 0.15) is 16.9 Å². The van der Waals surface area contributed by atoms with Gasteiger partial charge in [0, 0.05) is 0 Å². The summed E-state index contributed by atoms with van der Waals surface area (Å²) in [6.45, 7) is 4.05. The fourth-order valence-corrected chi connectivity index (χ4v) is 3.14. The van der Waals surface area contributed by atoms with Crippen molar-refractivity contribution >= 4 is 16.8 Å². The van der Waals surface area contributed by atoms with Crippen LogP contribution < -0.4 is 14.2 Å². The Hall–Kier alpha value is -2.17. The number of furan rings is 1. The Labute approximate surface area is 129 Å². The monoisotopic (exact) mass is 304 g/mol. The fraction of sp³-hybridized carbons (Fsp3) is 0.471. The lowest BCUT2D eigenvalue weighted by Gasteiger charge is -2.37. The van der Waals surface area contributed by atoms with E-state index >= 15 is 0 Å². The highest BCUT2D eigenvalue weighted by Gasteiger charge is 2.42. The van der Waals surface area contributed by atoms with Crippen LogP contribution in [0.5, 0.6) is 17.2 Å². The largest absolute Gasteiger partial charge is 0.495 e. The van der Waals surface area contributed by atoms with Crippen molar-refractivity contribution in [1.29, 1.82) is 0 Å². The second kappa shape index (κ2) is 5.23. The summed E-state index contributed by atoms with van der Waals surface area (Å²) >= 11 is 0. The van der Waals surface area contributed by atoms with E-state index < -0.39 is 5.60 Å². The minimum Gasteiger partial charge on any atom is -0.495 e. The zero-order chi connectivity index (χ0) is 15.9. The van der Waals surface area contributed by atoms with E-state index in [4.69, 9.17) is 18.6 Å². The number of hydrogen-bond acceptors (Lipinski definition) is 5. The molecule has 0 aliphatic carbocycles. The van der Waals surface area contributed by atoms with Crippen molar-refractivity contribution in [1.82, 2.24) is 0 Å². The summed E-state index contributed by atoms with van der Waals surface area (Å²) in [5.41, 5.74) is 0.488. The summed E-state index contributed by atoms with van der Waals surface area (Å²) in [4.78, 5) is 12.8. The fourth-order valence-electron chi connectivity index (χ4n) is 3.14. The van der Waals surface area contributed by atoms with Gasteiger partial charge in [-0.2, -0.15) is 0 Å². The number of hydrogen-bond donors (Lipinski definition) is 0. The molecule has 0 amide bonds. The third kappa shape index (κ3) is 1.88. The van der Waals surface area contributed by atoms with Crippen molar-refractivity contribution < 1.29 is 23.4 Å². The maximum Gasteiger partial charge on any atom is 0.205 e. The van der Waals surface area contributed by atoms with Crippen LogP contribution >= 0.6 is 0 Å². The highest BCUT2D eigenvalue weighted by Crippen LogP contribution is 2.51. The van der Waals surface area contributed by atoms with Crippen molar-refractivity contribution in [3.63, 3.8) is 0 Å². The van der Waals surface area contributed by atoms with Crippen molar-refractivity contribution in [2.24, 2.45) is 0 Å². The molecule has 2 aromatic rings. The first-order valence-corrected chi connectivity index (χ1v) is 7.48. The lowest BCUT2D eigenvalue weighted by atomic mass is 9.85. The summed E-state index contributed by atoms with van der Waals surface area (Å²) < 4.78 is 22.7. The first kappa shape index (κ1) is 14.8. The maximum absolute atomic E-state index is 12.8. The summed E-state index contributed by atoms with van der Waals surface area (Å²) in [5.74, 6) is 1.39. The SMILES string of the molecule is CCC1(CC)CC(=O)c2c(c(OC)c3occc3c2OC)O1. The second-order valence-corrected chi connectivity index (χ2v) is 5.53. The highest BCUT2D eigenvalue weighted by atomic mass is 16.5. The lowest BCUT2D eigenvalue weighted by Crippen LogP contribution is -2.41. The number of rotatable bonds is 4. The molecule has 0 fully saturated rings. The molecule has 22 heavy (non-hydrogen) atoms. The van der Waals surface area contributed by atoms with E-state index in [-0.39, 0.29) is 5.78 Å². The molecule has 5 heteroatoms. The molecular formula is C17H20O5. The normalized spacial score (nSPS) is 16.3. The van der Waals surface area contributed by atoms with Gasteiger partial charge in [-0.15, -0.1) is 0 Å². The number of carbonyl (C=O) groups excluding carboxylic acids is 1. The number of benzene rings is 1. The zero-order valence-corrected chi connectivity index (χ0v) is 13.3. The van der Waals surface area contributed by atoms with E-state index in [0.29, 0.717) is 34.8 Å². The Bertz CT molecular complexity index is 724. The van der Waals surface area contributed by atoms with Crippen molar-refractivity contribution in [3.8, 4) is 17.2 Å². The standard InChI is InChI=1S/C17H20O5/c1-5-17(6-2)9-11(18)12-13(19-3)10-7-8-21-14(10)16(20-4)15(12)22-17/h7-8H,5-6,9H2,1-4H3. The molecule has 5 nitrogen and oxygen atoms in total. The van der Waals surface area contributed by atoms with Crippen LogP contribution in [0.1, 0.15) is 43.5 Å². The molecule has 1 aliphatic heterocycles. The van der Waals surface area contributed by atoms with Gasteiger partial charge < -0.3 is 18.6 Å². The van der Waals surface area contributed by atoms with Gasteiger partial charge in [-0.25, -0.2) is 0 Å². The molecule has 0 spiro atoms. The third-order valence-corrected chi connectivity index (χ3v) is 4.55. The van der Waals surface area contributed by atoms with Crippen LogP contribution in [0.2, 0.25) is 0 Å². The van der Waals surface area contributed by atoms with Gasteiger partial charge in [-0.3, -0.25) is 4.79 Å². The summed E-state index contributed by atoms with van der Waals surface area (Å²) in [5, 5.41) is 0.718. The summed E-state index contributed by atoms with van der Waals surface area (Å²) in [6.07, 6.45) is 3.39. The van der Waals surface area contributed by atoms with E-state index in [2.05, 4.69) is 0 Å². The Balaban J connectivity index is 2.35. The molecule has 0 saturated carbocycles. The molecule has 0 saturated heterocycles. The number of fused-ring (bicyclic) bond motifs is 2. The van der Waals surface area contributed by atoms with E-state index in [1.54, 1.807) is 26.5 Å². The molecule has 1 aromatic heterocycles. The number of methoxy groups -OCH3 is 2. The molecule has 0 N–H and O–H groups in total. The van der Waals surface area contributed by atoms with Gasteiger partial charge in [-0.1, -0.05) is 13.8 Å². The molecule has 1 aromatic carbocycles. The van der Waals surface area contributed by atoms with Crippen LogP contribution in [0, 0.1) is 0 Å². The molecule has 2 heterocycles. The van der Waals surface area contributed by atoms with Crippen LogP contribution in [0.4, 0.5) is 0 Å². The van der Waals surface area contributed by atoms with Gasteiger partial charge >= 0.3 is 0 Å². The molecular weight excluding hydrogens is 284 g/mol. The Kier molecular flexibility index (Phi) is 3.51. The summed E-state index contributed by atoms with van der Waals surface area (Å²) in [6, 6.07) is 1.77. The predicted octanol–water partition coefficient (Wildman–Crippen LogP) is 3.97. The van der Waals surface area contributed by atoms with Crippen LogP contribution in [-0.2, 0) is 0 Å². The molecule has 0 radical (unpaired) electrons. The molecule has 0 atom stereocenters. The first-order chi connectivity index (χ1) is 10.6.